The van der Waals surface area contributed by atoms with Crippen molar-refractivity contribution in [3.63, 3.8) is 0 Å². The van der Waals surface area contributed by atoms with Crippen molar-refractivity contribution >= 4 is 11.6 Å². The molecule has 0 bridgehead atoms. The first-order valence-electron chi connectivity index (χ1n) is 4.16. The van der Waals surface area contributed by atoms with E-state index in [4.69, 9.17) is 16.3 Å². The van der Waals surface area contributed by atoms with E-state index >= 15 is 0 Å². The maximum Gasteiger partial charge on any atom is 0.322 e. The molecule has 0 spiro atoms. The first-order valence-corrected chi connectivity index (χ1v) is 4.54. The van der Waals surface area contributed by atoms with Crippen molar-refractivity contribution in [2.24, 2.45) is 0 Å². The molecule has 2 rings (SSSR count). The summed E-state index contributed by atoms with van der Waals surface area (Å²) in [4.78, 5) is 11.7. The molecule has 7 heteroatoms. The summed E-state index contributed by atoms with van der Waals surface area (Å²) in [5.41, 5.74) is 1.01. The Balaban J connectivity index is 2.48. The summed E-state index contributed by atoms with van der Waals surface area (Å²) in [5.74, 6) is 0.333. The highest BCUT2D eigenvalue weighted by Gasteiger charge is 2.07. The highest BCUT2D eigenvalue weighted by atomic mass is 35.5. The maximum atomic E-state index is 5.70. The van der Waals surface area contributed by atoms with Gasteiger partial charge in [0.2, 0.25) is 5.28 Å². The number of methoxy groups -OCH3 is 1. The lowest BCUT2D eigenvalue weighted by Gasteiger charge is -2.01. The fourth-order valence-corrected chi connectivity index (χ4v) is 1.19. The molecular weight excluding hydrogens is 218 g/mol. The predicted molar refractivity (Wildman–Crippen MR) is 53.2 cm³/mol. The van der Waals surface area contributed by atoms with Crippen LogP contribution in [0.1, 0.15) is 5.56 Å². The van der Waals surface area contributed by atoms with Gasteiger partial charge in [-0.3, -0.25) is 0 Å². The third-order valence-electron chi connectivity index (χ3n) is 1.67. The van der Waals surface area contributed by atoms with Crippen molar-refractivity contribution in [2.75, 3.05) is 7.11 Å². The van der Waals surface area contributed by atoms with Crippen LogP contribution in [0.4, 0.5) is 0 Å². The van der Waals surface area contributed by atoms with E-state index in [2.05, 4.69) is 20.1 Å². The van der Waals surface area contributed by atoms with Crippen LogP contribution in [-0.2, 0) is 0 Å². The summed E-state index contributed by atoms with van der Waals surface area (Å²) in [5, 5.41) is 4.13. The number of hydrogen-bond donors (Lipinski definition) is 0. The van der Waals surface area contributed by atoms with Gasteiger partial charge in [-0.1, -0.05) is 0 Å². The van der Waals surface area contributed by atoms with Crippen LogP contribution in [0.2, 0.25) is 5.28 Å². The fraction of sp³-hybridized carbons (Fsp3) is 0.250. The molecule has 15 heavy (non-hydrogen) atoms. The number of nitrogens with zero attached hydrogens (tertiary/aromatic N) is 5. The smallest absolute Gasteiger partial charge is 0.322 e. The summed E-state index contributed by atoms with van der Waals surface area (Å²) in [7, 11) is 1.46. The van der Waals surface area contributed by atoms with Gasteiger partial charge in [0.05, 0.1) is 13.3 Å². The van der Waals surface area contributed by atoms with Crippen molar-refractivity contribution < 1.29 is 4.74 Å². The average Bonchev–Trinajstić information content (AvgIpc) is 2.64. The number of halogens is 1. The SMILES string of the molecule is COc1nc(Cl)nc(-n2cc(C)cn2)n1. The number of aryl methyl sites for hydroxylation is 1. The third kappa shape index (κ3) is 2.04. The lowest BCUT2D eigenvalue weighted by Crippen LogP contribution is -2.05. The summed E-state index contributed by atoms with van der Waals surface area (Å²) < 4.78 is 6.38. The first kappa shape index (κ1) is 9.85. The van der Waals surface area contributed by atoms with Gasteiger partial charge in [-0.25, -0.2) is 4.68 Å². The number of aromatic nitrogens is 5. The monoisotopic (exact) mass is 225 g/mol. The Morgan fingerprint density at radius 1 is 1.33 bits per heavy atom. The Morgan fingerprint density at radius 3 is 2.73 bits per heavy atom. The molecular formula is C8H8ClN5O. The van der Waals surface area contributed by atoms with Crippen LogP contribution in [0.25, 0.3) is 5.95 Å². The highest BCUT2D eigenvalue weighted by Crippen LogP contribution is 2.10. The number of rotatable bonds is 2. The fourth-order valence-electron chi connectivity index (χ4n) is 1.04. The molecule has 0 radical (unpaired) electrons. The molecule has 0 aliphatic carbocycles. The molecule has 0 amide bonds. The molecule has 0 saturated heterocycles. The Kier molecular flexibility index (Phi) is 2.51. The number of hydrogen-bond acceptors (Lipinski definition) is 5. The maximum absolute atomic E-state index is 5.70. The summed E-state index contributed by atoms with van der Waals surface area (Å²) >= 11 is 5.70. The van der Waals surface area contributed by atoms with Crippen LogP contribution in [0.5, 0.6) is 6.01 Å². The van der Waals surface area contributed by atoms with E-state index in [1.807, 2.05) is 6.92 Å². The van der Waals surface area contributed by atoms with Gasteiger partial charge in [-0.05, 0) is 24.1 Å². The van der Waals surface area contributed by atoms with E-state index in [1.165, 1.54) is 11.8 Å². The van der Waals surface area contributed by atoms with Crippen molar-refractivity contribution in [1.29, 1.82) is 0 Å². The summed E-state index contributed by atoms with van der Waals surface area (Å²) in [6.07, 6.45) is 3.48. The van der Waals surface area contributed by atoms with Crippen molar-refractivity contribution in [1.82, 2.24) is 24.7 Å². The van der Waals surface area contributed by atoms with Crippen LogP contribution in [0, 0.1) is 6.92 Å². The van der Waals surface area contributed by atoms with E-state index in [1.54, 1.807) is 12.4 Å². The van der Waals surface area contributed by atoms with Crippen LogP contribution in [0.15, 0.2) is 12.4 Å². The van der Waals surface area contributed by atoms with Crippen molar-refractivity contribution in [3.8, 4) is 12.0 Å². The van der Waals surface area contributed by atoms with Crippen molar-refractivity contribution in [2.45, 2.75) is 6.92 Å². The molecule has 2 heterocycles. The van der Waals surface area contributed by atoms with Crippen LogP contribution >= 0.6 is 11.6 Å². The van der Waals surface area contributed by atoms with Gasteiger partial charge in [0.15, 0.2) is 0 Å². The zero-order valence-electron chi connectivity index (χ0n) is 8.18. The molecule has 78 valence electrons. The second-order valence-corrected chi connectivity index (χ2v) is 3.19. The summed E-state index contributed by atoms with van der Waals surface area (Å²) in [6, 6.07) is 0.165. The minimum atomic E-state index is 0.0741. The molecule has 2 aromatic heterocycles. The normalized spacial score (nSPS) is 10.3. The standard InChI is InChI=1S/C8H8ClN5O/c1-5-3-10-14(4-5)7-11-6(9)12-8(13-7)15-2/h3-4H,1-2H3. The van der Waals surface area contributed by atoms with Crippen LogP contribution in [-0.4, -0.2) is 31.8 Å². The molecule has 0 aromatic carbocycles. The minimum Gasteiger partial charge on any atom is -0.467 e. The van der Waals surface area contributed by atoms with E-state index in [9.17, 15) is 0 Å². The lowest BCUT2D eigenvalue weighted by molar-refractivity contribution is 0.376. The van der Waals surface area contributed by atoms with E-state index in [-0.39, 0.29) is 11.3 Å². The summed E-state index contributed by atoms with van der Waals surface area (Å²) in [6.45, 7) is 1.92. The molecule has 0 aliphatic heterocycles. The Morgan fingerprint density at radius 2 is 2.13 bits per heavy atom. The Bertz CT molecular complexity index is 484. The Hall–Kier alpha value is -1.69. The molecule has 2 aromatic rings. The van der Waals surface area contributed by atoms with Gasteiger partial charge >= 0.3 is 6.01 Å². The zero-order chi connectivity index (χ0) is 10.8. The van der Waals surface area contributed by atoms with Gasteiger partial charge in [0.1, 0.15) is 0 Å². The topological polar surface area (TPSA) is 65.7 Å². The molecule has 0 unspecified atom stereocenters. The first-order chi connectivity index (χ1) is 7.19. The van der Waals surface area contributed by atoms with Crippen LogP contribution < -0.4 is 4.74 Å². The lowest BCUT2D eigenvalue weighted by atomic mass is 10.4. The zero-order valence-corrected chi connectivity index (χ0v) is 8.93. The minimum absolute atomic E-state index is 0.0741. The van der Waals surface area contributed by atoms with Gasteiger partial charge < -0.3 is 4.74 Å². The highest BCUT2D eigenvalue weighted by molar-refractivity contribution is 6.28. The van der Waals surface area contributed by atoms with Gasteiger partial charge in [0, 0.05) is 6.20 Å². The molecule has 0 fully saturated rings. The second-order valence-electron chi connectivity index (χ2n) is 2.85. The molecule has 6 nitrogen and oxygen atoms in total. The molecule has 0 saturated carbocycles. The van der Waals surface area contributed by atoms with Gasteiger partial charge in [-0.15, -0.1) is 0 Å². The van der Waals surface area contributed by atoms with E-state index < -0.39 is 0 Å². The average molecular weight is 226 g/mol. The number of ether oxygens (including phenoxy) is 1. The second kappa shape index (κ2) is 3.82. The van der Waals surface area contributed by atoms with Gasteiger partial charge in [0.25, 0.3) is 5.95 Å². The predicted octanol–water partition coefficient (Wildman–Crippen LogP) is 1.03. The molecule has 0 atom stereocenters. The molecule has 0 aliphatic rings. The van der Waals surface area contributed by atoms with Crippen LogP contribution in [0.3, 0.4) is 0 Å². The quantitative estimate of drug-likeness (QED) is 0.764. The largest absolute Gasteiger partial charge is 0.467 e. The Labute approximate surface area is 90.9 Å². The third-order valence-corrected chi connectivity index (χ3v) is 1.84. The molecule has 0 N–H and O–H groups in total. The van der Waals surface area contributed by atoms with E-state index in [0.29, 0.717) is 5.95 Å². The van der Waals surface area contributed by atoms with Crippen molar-refractivity contribution in [3.05, 3.63) is 23.2 Å². The van der Waals surface area contributed by atoms with E-state index in [0.717, 1.165) is 5.56 Å². The van der Waals surface area contributed by atoms with Gasteiger partial charge in [-0.2, -0.15) is 20.1 Å².